The summed E-state index contributed by atoms with van der Waals surface area (Å²) in [6.07, 6.45) is 6.97. The highest BCUT2D eigenvalue weighted by Crippen LogP contribution is 2.34. The van der Waals surface area contributed by atoms with Crippen molar-refractivity contribution < 1.29 is 18.9 Å². The number of halogens is 2. The van der Waals surface area contributed by atoms with Gasteiger partial charge in [-0.05, 0) is 51.3 Å². The van der Waals surface area contributed by atoms with Crippen molar-refractivity contribution in [3.63, 3.8) is 0 Å². The molecule has 22 heavy (non-hydrogen) atoms. The van der Waals surface area contributed by atoms with E-state index in [-0.39, 0.29) is 24.2 Å². The predicted molar refractivity (Wildman–Crippen MR) is 89.2 cm³/mol. The molecule has 0 radical (unpaired) electrons. The number of esters is 1. The minimum atomic E-state index is -1.00. The van der Waals surface area contributed by atoms with Crippen LogP contribution >= 0.6 is 31.9 Å². The highest BCUT2D eigenvalue weighted by atomic mass is 79.9. The van der Waals surface area contributed by atoms with E-state index in [1.165, 1.54) is 0 Å². The molecule has 6 heteroatoms. The first-order chi connectivity index (χ1) is 10.3. The van der Waals surface area contributed by atoms with Crippen molar-refractivity contribution >= 4 is 43.6 Å². The van der Waals surface area contributed by atoms with Gasteiger partial charge in [-0.3, -0.25) is 9.59 Å². The summed E-state index contributed by atoms with van der Waals surface area (Å²) < 4.78 is 8.97. The number of carbonyl (C=O) groups excluding carboxylic acids is 2. The maximum Gasteiger partial charge on any atom is 0.310 e. The van der Waals surface area contributed by atoms with Crippen LogP contribution in [0.15, 0.2) is 27.4 Å². The number of carbonyl (C=O) groups is 2. The molecule has 0 spiro atoms. The van der Waals surface area contributed by atoms with Crippen molar-refractivity contribution in [2.24, 2.45) is 5.92 Å². The van der Waals surface area contributed by atoms with Gasteiger partial charge in [-0.25, -0.2) is 0 Å². The average Bonchev–Trinajstić information content (AvgIpc) is 2.71. The van der Waals surface area contributed by atoms with Gasteiger partial charge in [0.15, 0.2) is 18.0 Å². The molecule has 4 nitrogen and oxygen atoms in total. The summed E-state index contributed by atoms with van der Waals surface area (Å²) in [5.74, 6) is -0.451. The fraction of sp³-hybridized carbons (Fsp3) is 0.562. The van der Waals surface area contributed by atoms with Gasteiger partial charge in [-0.2, -0.15) is 4.57 Å². The molecule has 0 saturated carbocycles. The summed E-state index contributed by atoms with van der Waals surface area (Å²) in [5.41, 5.74) is -1.00. The molecule has 0 N–H and O–H groups in total. The van der Waals surface area contributed by atoms with E-state index in [0.29, 0.717) is 6.42 Å². The highest BCUT2D eigenvalue weighted by Gasteiger charge is 2.49. The molecular formula is C16H20Br2NO3+. The minimum absolute atomic E-state index is 0.0742. The van der Waals surface area contributed by atoms with Crippen LogP contribution in [-0.4, -0.2) is 17.4 Å². The Kier molecular flexibility index (Phi) is 5.77. The SMILES string of the molecule is CCCC[C@@H]1C[C@](C)(C(=O)C[n+]2cc(Br)cc(Br)c2)OC1=O. The zero-order valence-electron chi connectivity index (χ0n) is 12.8. The van der Waals surface area contributed by atoms with Crippen molar-refractivity contribution in [3.8, 4) is 0 Å². The van der Waals surface area contributed by atoms with Gasteiger partial charge in [0.25, 0.3) is 0 Å². The number of nitrogens with zero attached hydrogens (tertiary/aromatic N) is 1. The van der Waals surface area contributed by atoms with Crippen LogP contribution in [0.2, 0.25) is 0 Å². The molecule has 1 aliphatic heterocycles. The third kappa shape index (κ3) is 4.16. The van der Waals surface area contributed by atoms with E-state index in [9.17, 15) is 9.59 Å². The molecule has 1 aromatic rings. The van der Waals surface area contributed by atoms with Crippen LogP contribution in [0, 0.1) is 5.92 Å². The van der Waals surface area contributed by atoms with Gasteiger partial charge < -0.3 is 4.74 Å². The molecule has 120 valence electrons. The number of hydrogen-bond donors (Lipinski definition) is 0. The lowest BCUT2D eigenvalue weighted by atomic mass is 9.89. The maximum atomic E-state index is 12.6. The Labute approximate surface area is 147 Å². The van der Waals surface area contributed by atoms with Gasteiger partial charge in [0, 0.05) is 6.42 Å². The molecular weight excluding hydrogens is 414 g/mol. The Hall–Kier alpha value is -0.750. The number of unbranched alkanes of at least 4 members (excludes halogenated alkanes) is 1. The summed E-state index contributed by atoms with van der Waals surface area (Å²) in [6, 6.07) is 1.90. The molecule has 0 aliphatic carbocycles. The van der Waals surface area contributed by atoms with E-state index in [2.05, 4.69) is 38.8 Å². The van der Waals surface area contributed by atoms with Crippen molar-refractivity contribution in [1.82, 2.24) is 0 Å². The van der Waals surface area contributed by atoms with Crippen molar-refractivity contribution in [3.05, 3.63) is 27.4 Å². The third-order valence-corrected chi connectivity index (χ3v) is 4.84. The van der Waals surface area contributed by atoms with E-state index in [4.69, 9.17) is 4.74 Å². The quantitative estimate of drug-likeness (QED) is 0.508. The summed E-state index contributed by atoms with van der Waals surface area (Å²) in [4.78, 5) is 24.6. The number of cyclic esters (lactones) is 1. The Morgan fingerprint density at radius 3 is 2.64 bits per heavy atom. The van der Waals surface area contributed by atoms with Gasteiger partial charge >= 0.3 is 5.97 Å². The van der Waals surface area contributed by atoms with E-state index >= 15 is 0 Å². The minimum Gasteiger partial charge on any atom is -0.451 e. The van der Waals surface area contributed by atoms with E-state index in [1.54, 1.807) is 11.5 Å². The highest BCUT2D eigenvalue weighted by molar-refractivity contribution is 9.11. The zero-order chi connectivity index (χ0) is 16.3. The number of rotatable bonds is 6. The van der Waals surface area contributed by atoms with Crippen LogP contribution < -0.4 is 4.57 Å². The lowest BCUT2D eigenvalue weighted by molar-refractivity contribution is -0.685. The topological polar surface area (TPSA) is 47.2 Å². The first-order valence-corrected chi connectivity index (χ1v) is 9.04. The summed E-state index contributed by atoms with van der Waals surface area (Å²) in [5, 5.41) is 0. The monoisotopic (exact) mass is 432 g/mol. The first-order valence-electron chi connectivity index (χ1n) is 7.45. The number of pyridine rings is 1. The predicted octanol–water partition coefficient (Wildman–Crippen LogP) is 3.58. The molecule has 0 unspecified atom stereocenters. The molecule has 1 fully saturated rings. The van der Waals surface area contributed by atoms with Gasteiger partial charge in [0.2, 0.25) is 12.3 Å². The number of aromatic nitrogens is 1. The fourth-order valence-corrected chi connectivity index (χ4v) is 4.05. The largest absolute Gasteiger partial charge is 0.451 e. The van der Waals surface area contributed by atoms with E-state index in [0.717, 1.165) is 28.2 Å². The second kappa shape index (κ2) is 7.21. The van der Waals surface area contributed by atoms with Crippen LogP contribution in [0.3, 0.4) is 0 Å². The number of hydrogen-bond acceptors (Lipinski definition) is 3. The van der Waals surface area contributed by atoms with E-state index < -0.39 is 5.60 Å². The second-order valence-corrected chi connectivity index (χ2v) is 7.79. The van der Waals surface area contributed by atoms with Crippen LogP contribution in [0.5, 0.6) is 0 Å². The molecule has 0 bridgehead atoms. The normalized spacial score (nSPS) is 24.4. The molecule has 2 heterocycles. The molecule has 1 aliphatic rings. The Bertz CT molecular complexity index is 571. The summed E-state index contributed by atoms with van der Waals surface area (Å²) in [6.45, 7) is 4.00. The Balaban J connectivity index is 2.07. The van der Waals surface area contributed by atoms with Crippen LogP contribution in [-0.2, 0) is 20.9 Å². The number of ether oxygens (including phenoxy) is 1. The van der Waals surface area contributed by atoms with Crippen molar-refractivity contribution in [2.75, 3.05) is 0 Å². The molecule has 2 atom stereocenters. The molecule has 1 aromatic heterocycles. The van der Waals surface area contributed by atoms with Gasteiger partial charge in [-0.1, -0.05) is 19.8 Å². The smallest absolute Gasteiger partial charge is 0.310 e. The lowest BCUT2D eigenvalue weighted by Crippen LogP contribution is -2.46. The Morgan fingerprint density at radius 1 is 1.41 bits per heavy atom. The molecule has 2 rings (SSSR count). The third-order valence-electron chi connectivity index (χ3n) is 3.97. The summed E-state index contributed by atoms with van der Waals surface area (Å²) in [7, 11) is 0. The van der Waals surface area contributed by atoms with Crippen LogP contribution in [0.4, 0.5) is 0 Å². The second-order valence-electron chi connectivity index (χ2n) is 5.96. The van der Waals surface area contributed by atoms with Gasteiger partial charge in [0.05, 0.1) is 14.9 Å². The molecule has 0 aromatic carbocycles. The number of Topliss-reactive ketones (excluding diaryl/α,β-unsaturated/α-hetero) is 1. The Morgan fingerprint density at radius 2 is 2.05 bits per heavy atom. The average molecular weight is 434 g/mol. The van der Waals surface area contributed by atoms with E-state index in [1.807, 2.05) is 18.5 Å². The van der Waals surface area contributed by atoms with Crippen molar-refractivity contribution in [1.29, 1.82) is 0 Å². The molecule has 1 saturated heterocycles. The zero-order valence-corrected chi connectivity index (χ0v) is 15.9. The van der Waals surface area contributed by atoms with Gasteiger partial charge in [-0.15, -0.1) is 0 Å². The standard InChI is InChI=1S/C16H20Br2NO3/c1-3-4-5-11-7-16(2,22-15(11)21)14(20)10-19-8-12(17)6-13(18)9-19/h6,8-9,11H,3-5,7,10H2,1-2H3/q+1/t11-,16-/m1/s1. The van der Waals surface area contributed by atoms with Crippen LogP contribution in [0.1, 0.15) is 39.5 Å². The number of ketones is 1. The van der Waals surface area contributed by atoms with Crippen LogP contribution in [0.25, 0.3) is 0 Å². The van der Waals surface area contributed by atoms with Gasteiger partial charge in [0.1, 0.15) is 0 Å². The fourth-order valence-electron chi connectivity index (χ4n) is 2.73. The van der Waals surface area contributed by atoms with Crippen molar-refractivity contribution in [2.45, 2.75) is 51.7 Å². The maximum absolute atomic E-state index is 12.6. The lowest BCUT2D eigenvalue weighted by Gasteiger charge is -2.19. The first kappa shape index (κ1) is 17.6. The summed E-state index contributed by atoms with van der Waals surface area (Å²) >= 11 is 6.80. The molecule has 0 amide bonds.